The molecule has 26 heavy (non-hydrogen) atoms. The van der Waals surface area contributed by atoms with Gasteiger partial charge in [0.1, 0.15) is 0 Å². The molecule has 2 N–H and O–H groups in total. The van der Waals surface area contributed by atoms with Crippen molar-refractivity contribution in [2.24, 2.45) is 5.92 Å². The molecule has 0 amide bonds. The number of hydrogen-bond donors (Lipinski definition) is 2. The van der Waals surface area contributed by atoms with Gasteiger partial charge in [0, 0.05) is 11.5 Å². The molecule has 2 unspecified atom stereocenters. The predicted molar refractivity (Wildman–Crippen MR) is 102 cm³/mol. The highest BCUT2D eigenvalue weighted by atomic mass is 19.2. The van der Waals surface area contributed by atoms with Crippen LogP contribution in [-0.4, -0.2) is 38.3 Å². The Labute approximate surface area is 155 Å². The minimum atomic E-state index is -2.25. The average Bonchev–Trinajstić information content (AvgIpc) is 2.63. The van der Waals surface area contributed by atoms with E-state index < -0.39 is 11.8 Å². The molecule has 5 heteroatoms. The minimum absolute atomic E-state index is 0.516. The normalized spacial score (nSPS) is 21.6. The highest BCUT2D eigenvalue weighted by Gasteiger charge is 2.33. The second-order valence-electron chi connectivity index (χ2n) is 6.30. The lowest BCUT2D eigenvalue weighted by Crippen LogP contribution is -2.33. The Balaban J connectivity index is 1.90. The number of aliphatic hydroxyl groups is 1. The fraction of sp³-hybridized carbons (Fsp3) is 0.429. The maximum atomic E-state index is 14.0. The summed E-state index contributed by atoms with van der Waals surface area (Å²) in [7, 11) is 3.26. The number of benzene rings is 1. The number of ether oxygens (including phenoxy) is 2. The molecule has 1 aliphatic rings. The molecule has 0 spiro atoms. The van der Waals surface area contributed by atoms with Gasteiger partial charge in [0.25, 0.3) is 0 Å². The largest absolute Gasteiger partial charge is 0.493 e. The minimum Gasteiger partial charge on any atom is -0.493 e. The summed E-state index contributed by atoms with van der Waals surface area (Å²) in [5.74, 6) is -1.32. The van der Waals surface area contributed by atoms with Crippen LogP contribution in [0.25, 0.3) is 0 Å². The molecule has 0 aromatic heterocycles. The highest BCUT2D eigenvalue weighted by Crippen LogP contribution is 2.34. The molecule has 142 valence electrons. The molecule has 0 aliphatic heterocycles. The number of hydrogen-bond acceptors (Lipinski definition) is 4. The summed E-state index contributed by atoms with van der Waals surface area (Å²) < 4.78 is 24.8. The molecule has 0 saturated carbocycles. The Bertz CT molecular complexity index is 667. The summed E-state index contributed by atoms with van der Waals surface area (Å²) in [5.41, 5.74) is 2.24. The molecule has 0 saturated heterocycles. The first kappa shape index (κ1) is 20.2. The van der Waals surface area contributed by atoms with Gasteiger partial charge in [0.15, 0.2) is 11.5 Å². The van der Waals surface area contributed by atoms with E-state index in [0.717, 1.165) is 29.8 Å². The van der Waals surface area contributed by atoms with Crippen molar-refractivity contribution in [1.29, 1.82) is 0 Å². The molecule has 1 aliphatic carbocycles. The second-order valence-corrected chi connectivity index (χ2v) is 6.30. The zero-order valence-electron chi connectivity index (χ0n) is 15.5. The van der Waals surface area contributed by atoms with E-state index in [0.29, 0.717) is 25.1 Å². The highest BCUT2D eigenvalue weighted by molar-refractivity contribution is 5.51. The van der Waals surface area contributed by atoms with E-state index in [4.69, 9.17) is 9.47 Å². The van der Waals surface area contributed by atoms with Gasteiger partial charge in [-0.3, -0.25) is 0 Å². The van der Waals surface area contributed by atoms with E-state index in [1.165, 1.54) is 12.2 Å². The first-order valence-corrected chi connectivity index (χ1v) is 8.85. The van der Waals surface area contributed by atoms with Gasteiger partial charge >= 0.3 is 0 Å². The van der Waals surface area contributed by atoms with Crippen LogP contribution < -0.4 is 14.8 Å². The second kappa shape index (κ2) is 9.55. The first-order valence-electron chi connectivity index (χ1n) is 8.85. The van der Waals surface area contributed by atoms with E-state index in [1.807, 2.05) is 18.2 Å². The van der Waals surface area contributed by atoms with Crippen molar-refractivity contribution in [1.82, 2.24) is 5.32 Å². The lowest BCUT2D eigenvalue weighted by molar-refractivity contribution is -0.0789. The third-order valence-electron chi connectivity index (χ3n) is 4.60. The zero-order valence-corrected chi connectivity index (χ0v) is 15.5. The molecule has 4 nitrogen and oxygen atoms in total. The van der Waals surface area contributed by atoms with E-state index in [-0.39, 0.29) is 0 Å². The van der Waals surface area contributed by atoms with Crippen LogP contribution in [0.2, 0.25) is 0 Å². The van der Waals surface area contributed by atoms with Crippen molar-refractivity contribution in [3.63, 3.8) is 0 Å². The first-order chi connectivity index (χ1) is 12.5. The summed E-state index contributed by atoms with van der Waals surface area (Å²) >= 11 is 0. The topological polar surface area (TPSA) is 50.7 Å². The van der Waals surface area contributed by atoms with E-state index >= 15 is 0 Å². The number of allylic oxidation sites excluding steroid dienone is 3. The van der Waals surface area contributed by atoms with Crippen LogP contribution >= 0.6 is 0 Å². The molecule has 0 heterocycles. The van der Waals surface area contributed by atoms with Gasteiger partial charge in [-0.15, -0.1) is 6.58 Å². The lowest BCUT2D eigenvalue weighted by atomic mass is 9.92. The molecule has 0 radical (unpaired) electrons. The van der Waals surface area contributed by atoms with Gasteiger partial charge in [-0.05, 0) is 50.1 Å². The molecular weight excluding hydrogens is 333 g/mol. The molecule has 2 atom stereocenters. The van der Waals surface area contributed by atoms with Gasteiger partial charge < -0.3 is 19.9 Å². The quantitative estimate of drug-likeness (QED) is 0.496. The van der Waals surface area contributed by atoms with Crippen molar-refractivity contribution >= 4 is 0 Å². The van der Waals surface area contributed by atoms with Crippen LogP contribution in [0.1, 0.15) is 17.5 Å². The van der Waals surface area contributed by atoms with E-state index in [9.17, 15) is 9.50 Å². The van der Waals surface area contributed by atoms with E-state index in [1.54, 1.807) is 26.4 Å². The molecule has 0 fully saturated rings. The van der Waals surface area contributed by atoms with Crippen molar-refractivity contribution in [3.8, 4) is 11.5 Å². The lowest BCUT2D eigenvalue weighted by Gasteiger charge is -2.25. The summed E-state index contributed by atoms with van der Waals surface area (Å²) in [6, 6.07) is 3.94. The monoisotopic (exact) mass is 361 g/mol. The Morgan fingerprint density at radius 1 is 1.27 bits per heavy atom. The molecule has 1 aromatic carbocycles. The Kier molecular flexibility index (Phi) is 7.42. The fourth-order valence-corrected chi connectivity index (χ4v) is 3.19. The number of rotatable bonds is 10. The van der Waals surface area contributed by atoms with Crippen molar-refractivity contribution < 1.29 is 19.0 Å². The standard InChI is InChI=1S/C21H28FNO3/c1-4-7-18-16(9-10-19(25-2)20(18)26-3)11-14-23-15-12-17-8-5-6-13-21(17,22)24/h4-6,8-10,13,17,23-24H,1,7,11-12,14-15H2,2-3H3. The van der Waals surface area contributed by atoms with Crippen molar-refractivity contribution in [3.05, 3.63) is 60.2 Å². The van der Waals surface area contributed by atoms with Gasteiger partial charge in [-0.1, -0.05) is 30.4 Å². The third kappa shape index (κ3) is 4.96. The molecule has 1 aromatic rings. The average molecular weight is 361 g/mol. The third-order valence-corrected chi connectivity index (χ3v) is 4.60. The maximum absolute atomic E-state index is 14.0. The van der Waals surface area contributed by atoms with Gasteiger partial charge in [-0.25, -0.2) is 4.39 Å². The maximum Gasteiger partial charge on any atom is 0.232 e. The zero-order chi connectivity index (χ0) is 19.0. The summed E-state index contributed by atoms with van der Waals surface area (Å²) in [6.45, 7) is 5.19. The predicted octanol–water partition coefficient (Wildman–Crippen LogP) is 3.35. The van der Waals surface area contributed by atoms with Gasteiger partial charge in [0.2, 0.25) is 5.85 Å². The Hall–Kier alpha value is -2.11. The van der Waals surface area contributed by atoms with Crippen molar-refractivity contribution in [2.45, 2.75) is 25.1 Å². The van der Waals surface area contributed by atoms with Gasteiger partial charge in [-0.2, -0.15) is 0 Å². The van der Waals surface area contributed by atoms with Crippen LogP contribution in [0, 0.1) is 5.92 Å². The summed E-state index contributed by atoms with van der Waals surface area (Å²) in [4.78, 5) is 0. The van der Waals surface area contributed by atoms with Crippen molar-refractivity contribution in [2.75, 3.05) is 27.3 Å². The molecular formula is C21H28FNO3. The number of halogens is 1. The van der Waals surface area contributed by atoms with Crippen LogP contribution in [-0.2, 0) is 12.8 Å². The Morgan fingerprint density at radius 3 is 2.73 bits per heavy atom. The van der Waals surface area contributed by atoms with Gasteiger partial charge in [0.05, 0.1) is 14.2 Å². The van der Waals surface area contributed by atoms with Crippen LogP contribution in [0.15, 0.2) is 49.1 Å². The smallest absolute Gasteiger partial charge is 0.232 e. The van der Waals surface area contributed by atoms with Crippen LogP contribution in [0.5, 0.6) is 11.5 Å². The summed E-state index contributed by atoms with van der Waals surface area (Å²) in [5, 5.41) is 13.0. The summed E-state index contributed by atoms with van der Waals surface area (Å²) in [6.07, 6.45) is 10.1. The van der Waals surface area contributed by atoms with Crippen LogP contribution in [0.3, 0.4) is 0 Å². The molecule has 0 bridgehead atoms. The SMILES string of the molecule is C=CCc1c(CCNCCC2C=CC=CC2(O)F)ccc(OC)c1OC. The molecule has 2 rings (SSSR count). The number of alkyl halides is 1. The van der Waals surface area contributed by atoms with E-state index in [2.05, 4.69) is 11.9 Å². The fourth-order valence-electron chi connectivity index (χ4n) is 3.19. The Morgan fingerprint density at radius 2 is 2.08 bits per heavy atom. The van der Waals surface area contributed by atoms with Crippen LogP contribution in [0.4, 0.5) is 4.39 Å². The number of nitrogens with one attached hydrogen (secondary N) is 1. The number of methoxy groups -OCH3 is 2.